The third kappa shape index (κ3) is 3.60. The zero-order chi connectivity index (χ0) is 9.52. The molecule has 0 fully saturated rings. The molecule has 0 unspecified atom stereocenters. The fourth-order valence-corrected chi connectivity index (χ4v) is 0.998. The molecule has 0 spiro atoms. The molecule has 13 heavy (non-hydrogen) atoms. The van der Waals surface area contributed by atoms with Crippen LogP contribution >= 0.6 is 0 Å². The summed E-state index contributed by atoms with van der Waals surface area (Å²) in [5.41, 5.74) is 0. The van der Waals surface area contributed by atoms with Crippen molar-refractivity contribution in [2.24, 2.45) is 0 Å². The normalized spacial score (nSPS) is 9.54. The molecule has 0 bridgehead atoms. The maximum Gasteiger partial charge on any atom is 0.330 e. The van der Waals surface area contributed by atoms with Crippen molar-refractivity contribution in [3.63, 3.8) is 0 Å². The van der Waals surface area contributed by atoms with Crippen LogP contribution in [-0.2, 0) is 16.1 Å². The Bertz CT molecular complexity index is 264. The van der Waals surface area contributed by atoms with Crippen LogP contribution in [0.15, 0.2) is 37.2 Å². The predicted octanol–water partition coefficient (Wildman–Crippen LogP) is 1.61. The number of carbonyl (C=O) groups is 1. The van der Waals surface area contributed by atoms with E-state index in [9.17, 15) is 4.79 Å². The maximum atomic E-state index is 10.6. The number of ether oxygens (including phenoxy) is 1. The Morgan fingerprint density at radius 3 is 2.77 bits per heavy atom. The highest BCUT2D eigenvalue weighted by atomic mass is 16.5. The Balaban J connectivity index is 2.08. The molecule has 0 aliphatic rings. The topological polar surface area (TPSA) is 31.2 Å². The van der Waals surface area contributed by atoms with Gasteiger partial charge in [-0.1, -0.05) is 6.58 Å². The first kappa shape index (κ1) is 9.58. The second-order valence-corrected chi connectivity index (χ2v) is 2.65. The summed E-state index contributed by atoms with van der Waals surface area (Å²) >= 11 is 0. The van der Waals surface area contributed by atoms with Crippen LogP contribution in [0.1, 0.15) is 6.42 Å². The minimum Gasteiger partial charge on any atom is -0.462 e. The van der Waals surface area contributed by atoms with E-state index in [0.717, 1.165) is 13.0 Å². The van der Waals surface area contributed by atoms with E-state index in [2.05, 4.69) is 6.58 Å². The first-order chi connectivity index (χ1) is 6.33. The first-order valence-corrected chi connectivity index (χ1v) is 4.23. The van der Waals surface area contributed by atoms with Crippen LogP contribution in [0.2, 0.25) is 0 Å². The van der Waals surface area contributed by atoms with Gasteiger partial charge in [-0.2, -0.15) is 0 Å². The number of aryl methyl sites for hydroxylation is 1. The van der Waals surface area contributed by atoms with Gasteiger partial charge in [0.2, 0.25) is 0 Å². The molecule has 0 aliphatic heterocycles. The molecule has 0 aliphatic carbocycles. The molecular weight excluding hydrogens is 166 g/mol. The molecular formula is C10H13NO2. The number of hydrogen-bond donors (Lipinski definition) is 0. The lowest BCUT2D eigenvalue weighted by atomic mass is 10.4. The van der Waals surface area contributed by atoms with Crippen LogP contribution in [0, 0.1) is 0 Å². The minimum atomic E-state index is -0.354. The van der Waals surface area contributed by atoms with E-state index in [1.807, 2.05) is 29.1 Å². The fourth-order valence-electron chi connectivity index (χ4n) is 0.998. The standard InChI is InChI=1S/C10H13NO2/c1-2-10(12)13-9-5-8-11-6-3-4-7-11/h2-4,6-7H,1,5,8-9H2. The lowest BCUT2D eigenvalue weighted by Gasteiger charge is -2.02. The predicted molar refractivity (Wildman–Crippen MR) is 50.2 cm³/mol. The van der Waals surface area contributed by atoms with Crippen molar-refractivity contribution >= 4 is 5.97 Å². The van der Waals surface area contributed by atoms with Gasteiger partial charge in [-0.05, 0) is 18.6 Å². The Morgan fingerprint density at radius 2 is 2.15 bits per heavy atom. The summed E-state index contributed by atoms with van der Waals surface area (Å²) in [7, 11) is 0. The number of esters is 1. The van der Waals surface area contributed by atoms with Gasteiger partial charge in [0, 0.05) is 25.0 Å². The second kappa shape index (κ2) is 5.19. The van der Waals surface area contributed by atoms with Crippen LogP contribution in [0.4, 0.5) is 0 Å². The summed E-state index contributed by atoms with van der Waals surface area (Å²) in [5, 5.41) is 0. The summed E-state index contributed by atoms with van der Waals surface area (Å²) in [6.07, 6.45) is 5.97. The SMILES string of the molecule is C=CC(=O)OCCCn1cccc1. The van der Waals surface area contributed by atoms with Gasteiger partial charge in [0.15, 0.2) is 0 Å². The molecule has 3 heteroatoms. The molecule has 0 radical (unpaired) electrons. The van der Waals surface area contributed by atoms with Crippen LogP contribution in [-0.4, -0.2) is 17.1 Å². The van der Waals surface area contributed by atoms with Crippen molar-refractivity contribution in [2.45, 2.75) is 13.0 Å². The van der Waals surface area contributed by atoms with E-state index in [4.69, 9.17) is 4.74 Å². The van der Waals surface area contributed by atoms with Gasteiger partial charge in [0.25, 0.3) is 0 Å². The number of aromatic nitrogens is 1. The van der Waals surface area contributed by atoms with E-state index >= 15 is 0 Å². The Labute approximate surface area is 77.6 Å². The molecule has 0 N–H and O–H groups in total. The van der Waals surface area contributed by atoms with Crippen LogP contribution in [0.25, 0.3) is 0 Å². The van der Waals surface area contributed by atoms with Crippen LogP contribution < -0.4 is 0 Å². The van der Waals surface area contributed by atoms with Crippen molar-refractivity contribution in [3.8, 4) is 0 Å². The zero-order valence-electron chi connectivity index (χ0n) is 7.48. The van der Waals surface area contributed by atoms with Crippen LogP contribution in [0.3, 0.4) is 0 Å². The van der Waals surface area contributed by atoms with Gasteiger partial charge in [0.05, 0.1) is 6.61 Å². The number of carbonyl (C=O) groups excluding carboxylic acids is 1. The fraction of sp³-hybridized carbons (Fsp3) is 0.300. The number of rotatable bonds is 5. The molecule has 3 nitrogen and oxygen atoms in total. The Hall–Kier alpha value is -1.51. The lowest BCUT2D eigenvalue weighted by Crippen LogP contribution is -2.04. The van der Waals surface area contributed by atoms with E-state index in [-0.39, 0.29) is 5.97 Å². The molecule has 1 aromatic rings. The quantitative estimate of drug-likeness (QED) is 0.390. The Kier molecular flexibility index (Phi) is 3.82. The zero-order valence-corrected chi connectivity index (χ0v) is 7.48. The van der Waals surface area contributed by atoms with E-state index < -0.39 is 0 Å². The van der Waals surface area contributed by atoms with Gasteiger partial charge in [-0.15, -0.1) is 0 Å². The molecule has 0 aromatic carbocycles. The van der Waals surface area contributed by atoms with E-state index in [1.54, 1.807) is 0 Å². The first-order valence-electron chi connectivity index (χ1n) is 4.23. The molecule has 0 atom stereocenters. The summed E-state index contributed by atoms with van der Waals surface area (Å²) in [6.45, 7) is 4.63. The van der Waals surface area contributed by atoms with Crippen molar-refractivity contribution in [3.05, 3.63) is 37.2 Å². The smallest absolute Gasteiger partial charge is 0.330 e. The van der Waals surface area contributed by atoms with Gasteiger partial charge in [0.1, 0.15) is 0 Å². The summed E-state index contributed by atoms with van der Waals surface area (Å²) in [6, 6.07) is 3.94. The molecule has 0 saturated heterocycles. The van der Waals surface area contributed by atoms with Crippen LogP contribution in [0.5, 0.6) is 0 Å². The average Bonchev–Trinajstić information content (AvgIpc) is 2.64. The summed E-state index contributed by atoms with van der Waals surface area (Å²) in [5.74, 6) is -0.354. The van der Waals surface area contributed by atoms with E-state index in [1.165, 1.54) is 6.08 Å². The monoisotopic (exact) mass is 179 g/mol. The second-order valence-electron chi connectivity index (χ2n) is 2.65. The average molecular weight is 179 g/mol. The largest absolute Gasteiger partial charge is 0.462 e. The lowest BCUT2D eigenvalue weighted by molar-refractivity contribution is -0.137. The summed E-state index contributed by atoms with van der Waals surface area (Å²) in [4.78, 5) is 10.6. The van der Waals surface area contributed by atoms with Crippen molar-refractivity contribution in [1.29, 1.82) is 0 Å². The van der Waals surface area contributed by atoms with E-state index in [0.29, 0.717) is 6.61 Å². The number of nitrogens with zero attached hydrogens (tertiary/aromatic N) is 1. The molecule has 70 valence electrons. The summed E-state index contributed by atoms with van der Waals surface area (Å²) < 4.78 is 6.86. The van der Waals surface area contributed by atoms with Gasteiger partial charge < -0.3 is 9.30 Å². The highest BCUT2D eigenvalue weighted by molar-refractivity contribution is 5.81. The van der Waals surface area contributed by atoms with Gasteiger partial charge in [-0.25, -0.2) is 4.79 Å². The number of hydrogen-bond acceptors (Lipinski definition) is 2. The van der Waals surface area contributed by atoms with Crippen molar-refractivity contribution in [1.82, 2.24) is 4.57 Å². The maximum absolute atomic E-state index is 10.6. The highest BCUT2D eigenvalue weighted by Gasteiger charge is 1.94. The van der Waals surface area contributed by atoms with Crippen molar-refractivity contribution in [2.75, 3.05) is 6.61 Å². The third-order valence-electron chi connectivity index (χ3n) is 1.64. The molecule has 0 amide bonds. The molecule has 1 aromatic heterocycles. The highest BCUT2D eigenvalue weighted by Crippen LogP contribution is 1.93. The third-order valence-corrected chi connectivity index (χ3v) is 1.64. The van der Waals surface area contributed by atoms with Gasteiger partial charge >= 0.3 is 5.97 Å². The van der Waals surface area contributed by atoms with Gasteiger partial charge in [-0.3, -0.25) is 0 Å². The van der Waals surface area contributed by atoms with Crippen molar-refractivity contribution < 1.29 is 9.53 Å². The Morgan fingerprint density at radius 1 is 1.46 bits per heavy atom. The molecule has 0 saturated carbocycles. The minimum absolute atomic E-state index is 0.354. The molecule has 1 heterocycles. The molecule has 1 rings (SSSR count).